The first-order valence-electron chi connectivity index (χ1n) is 9.43. The number of hydrogen-bond donors (Lipinski definition) is 2. The van der Waals surface area contributed by atoms with Crippen LogP contribution in [0.1, 0.15) is 0 Å². The van der Waals surface area contributed by atoms with Crippen LogP contribution in [0, 0.1) is 3.57 Å². The molecule has 0 unspecified atom stereocenters. The summed E-state index contributed by atoms with van der Waals surface area (Å²) in [7, 11) is -0.783. The summed E-state index contributed by atoms with van der Waals surface area (Å²) in [6, 6.07) is 19.0. The van der Waals surface area contributed by atoms with Crippen LogP contribution in [0.25, 0.3) is 11.0 Å². The molecule has 0 fully saturated rings. The lowest BCUT2D eigenvalue weighted by molar-refractivity contribution is 0.395. The van der Waals surface area contributed by atoms with Crippen molar-refractivity contribution in [2.45, 2.75) is 4.90 Å². The van der Waals surface area contributed by atoms with Crippen LogP contribution in [-0.2, 0) is 10.0 Å². The summed E-state index contributed by atoms with van der Waals surface area (Å²) in [5.41, 5.74) is 1.77. The van der Waals surface area contributed by atoms with Gasteiger partial charge >= 0.3 is 0 Å². The van der Waals surface area contributed by atoms with E-state index >= 15 is 0 Å². The second kappa shape index (κ2) is 9.17. The molecule has 10 heteroatoms. The standard InChI is InChI=1S/C22H19IN4O4S/c1-30-16-11-15(12-17(13-16)31-2)24-21-22(26-20-6-4-3-5-19(20)25-21)27-32(28,29)18-9-7-14(23)8-10-18/h3-13H,1-2H3,(H,24,25)(H,26,27). The van der Waals surface area contributed by atoms with Crippen LogP contribution in [0.3, 0.4) is 0 Å². The number of halogens is 1. The van der Waals surface area contributed by atoms with Gasteiger partial charge < -0.3 is 14.8 Å². The fourth-order valence-corrected chi connectivity index (χ4v) is 4.34. The zero-order chi connectivity index (χ0) is 22.7. The van der Waals surface area contributed by atoms with E-state index in [2.05, 4.69) is 42.6 Å². The number of sulfonamides is 1. The van der Waals surface area contributed by atoms with Gasteiger partial charge in [0.2, 0.25) is 0 Å². The van der Waals surface area contributed by atoms with Gasteiger partial charge in [0, 0.05) is 27.5 Å². The quantitative estimate of drug-likeness (QED) is 0.312. The first-order valence-corrected chi connectivity index (χ1v) is 12.0. The molecular weight excluding hydrogens is 543 g/mol. The van der Waals surface area contributed by atoms with Crippen LogP contribution in [0.5, 0.6) is 11.5 Å². The molecule has 3 aromatic carbocycles. The second-order valence-corrected chi connectivity index (χ2v) is 9.62. The molecule has 0 amide bonds. The SMILES string of the molecule is COc1cc(Nc2nc3ccccc3nc2NS(=O)(=O)c2ccc(I)cc2)cc(OC)c1. The Morgan fingerprint density at radius 3 is 1.94 bits per heavy atom. The predicted molar refractivity (Wildman–Crippen MR) is 132 cm³/mol. The van der Waals surface area contributed by atoms with Gasteiger partial charge in [-0.25, -0.2) is 18.4 Å². The monoisotopic (exact) mass is 562 g/mol. The number of benzene rings is 3. The van der Waals surface area contributed by atoms with Crippen molar-refractivity contribution in [1.82, 2.24) is 9.97 Å². The fraction of sp³-hybridized carbons (Fsp3) is 0.0909. The maximum Gasteiger partial charge on any atom is 0.263 e. The van der Waals surface area contributed by atoms with Crippen molar-refractivity contribution in [2.75, 3.05) is 24.3 Å². The Balaban J connectivity index is 1.78. The van der Waals surface area contributed by atoms with Gasteiger partial charge in [0.05, 0.1) is 30.1 Å². The Morgan fingerprint density at radius 1 is 0.812 bits per heavy atom. The molecule has 1 heterocycles. The smallest absolute Gasteiger partial charge is 0.263 e. The van der Waals surface area contributed by atoms with Crippen LogP contribution >= 0.6 is 22.6 Å². The third kappa shape index (κ3) is 4.86. The molecule has 4 rings (SSSR count). The highest BCUT2D eigenvalue weighted by Gasteiger charge is 2.19. The molecule has 2 N–H and O–H groups in total. The molecule has 32 heavy (non-hydrogen) atoms. The highest BCUT2D eigenvalue weighted by Crippen LogP contribution is 2.31. The molecule has 1 aromatic heterocycles. The Hall–Kier alpha value is -3.12. The van der Waals surface area contributed by atoms with Crippen molar-refractivity contribution in [3.8, 4) is 11.5 Å². The third-order valence-electron chi connectivity index (χ3n) is 4.54. The van der Waals surface area contributed by atoms with E-state index in [1.54, 1.807) is 68.8 Å². The molecule has 4 aromatic rings. The topological polar surface area (TPSA) is 102 Å². The summed E-state index contributed by atoms with van der Waals surface area (Å²) in [6.07, 6.45) is 0. The number of hydrogen-bond acceptors (Lipinski definition) is 7. The minimum atomic E-state index is -3.88. The molecule has 0 atom stereocenters. The molecule has 0 saturated heterocycles. The van der Waals surface area contributed by atoms with Gasteiger partial charge in [-0.05, 0) is 59.0 Å². The number of ether oxygens (including phenoxy) is 2. The average molecular weight is 562 g/mol. The van der Waals surface area contributed by atoms with E-state index in [-0.39, 0.29) is 16.5 Å². The lowest BCUT2D eigenvalue weighted by Gasteiger charge is -2.15. The van der Waals surface area contributed by atoms with Crippen molar-refractivity contribution in [2.24, 2.45) is 0 Å². The summed E-state index contributed by atoms with van der Waals surface area (Å²) in [5, 5.41) is 3.14. The normalized spacial score (nSPS) is 11.2. The number of methoxy groups -OCH3 is 2. The van der Waals surface area contributed by atoms with Gasteiger partial charge in [0.25, 0.3) is 10.0 Å². The van der Waals surface area contributed by atoms with E-state index in [1.165, 1.54) is 0 Å². The third-order valence-corrected chi connectivity index (χ3v) is 6.61. The van der Waals surface area contributed by atoms with Crippen LogP contribution < -0.4 is 19.5 Å². The minimum absolute atomic E-state index is 0.0732. The van der Waals surface area contributed by atoms with Gasteiger partial charge in [-0.3, -0.25) is 4.72 Å². The lowest BCUT2D eigenvalue weighted by atomic mass is 10.2. The summed E-state index contributed by atoms with van der Waals surface area (Å²) >= 11 is 2.12. The maximum atomic E-state index is 13.0. The molecule has 0 spiro atoms. The largest absolute Gasteiger partial charge is 0.497 e. The van der Waals surface area contributed by atoms with E-state index in [0.717, 1.165) is 3.57 Å². The van der Waals surface area contributed by atoms with Crippen LogP contribution in [0.2, 0.25) is 0 Å². The summed E-state index contributed by atoms with van der Waals surface area (Å²) < 4.78 is 40.1. The molecule has 0 radical (unpaired) electrons. The molecular formula is C22H19IN4O4S. The summed E-state index contributed by atoms with van der Waals surface area (Å²) in [6.45, 7) is 0. The zero-order valence-corrected chi connectivity index (χ0v) is 20.1. The second-order valence-electron chi connectivity index (χ2n) is 6.70. The van der Waals surface area contributed by atoms with Gasteiger partial charge in [0.15, 0.2) is 11.6 Å². The van der Waals surface area contributed by atoms with Crippen molar-refractivity contribution in [3.05, 3.63) is 70.3 Å². The van der Waals surface area contributed by atoms with E-state index in [1.807, 2.05) is 12.1 Å². The van der Waals surface area contributed by atoms with Crippen molar-refractivity contribution in [1.29, 1.82) is 0 Å². The molecule has 8 nitrogen and oxygen atoms in total. The summed E-state index contributed by atoms with van der Waals surface area (Å²) in [4.78, 5) is 9.22. The highest BCUT2D eigenvalue weighted by atomic mass is 127. The molecule has 0 aliphatic heterocycles. The highest BCUT2D eigenvalue weighted by molar-refractivity contribution is 14.1. The Bertz CT molecular complexity index is 1360. The number of anilines is 3. The Morgan fingerprint density at radius 2 is 1.38 bits per heavy atom. The van der Waals surface area contributed by atoms with Gasteiger partial charge in [-0.15, -0.1) is 0 Å². The number of nitrogens with one attached hydrogen (secondary N) is 2. The van der Waals surface area contributed by atoms with E-state index in [4.69, 9.17) is 9.47 Å². The maximum absolute atomic E-state index is 13.0. The Kier molecular flexibility index (Phi) is 6.33. The fourth-order valence-electron chi connectivity index (χ4n) is 2.97. The van der Waals surface area contributed by atoms with Crippen molar-refractivity contribution in [3.63, 3.8) is 0 Å². The molecule has 164 valence electrons. The minimum Gasteiger partial charge on any atom is -0.497 e. The van der Waals surface area contributed by atoms with E-state index < -0.39 is 10.0 Å². The molecule has 0 saturated carbocycles. The first kappa shape index (κ1) is 22.1. The van der Waals surface area contributed by atoms with Gasteiger partial charge in [-0.2, -0.15) is 0 Å². The van der Waals surface area contributed by atoms with Crippen molar-refractivity contribution >= 4 is 61.0 Å². The number of nitrogens with zero attached hydrogens (tertiary/aromatic N) is 2. The van der Waals surface area contributed by atoms with Gasteiger partial charge in [-0.1, -0.05) is 12.1 Å². The van der Waals surface area contributed by atoms with Crippen LogP contribution in [0.4, 0.5) is 17.3 Å². The zero-order valence-electron chi connectivity index (χ0n) is 17.2. The Labute approximate surface area is 199 Å². The molecule has 0 bridgehead atoms. The van der Waals surface area contributed by atoms with Gasteiger partial charge in [0.1, 0.15) is 11.5 Å². The van der Waals surface area contributed by atoms with E-state index in [9.17, 15) is 8.42 Å². The first-order chi connectivity index (χ1) is 15.4. The number of fused-ring (bicyclic) bond motifs is 1. The molecule has 0 aliphatic rings. The summed E-state index contributed by atoms with van der Waals surface area (Å²) in [5.74, 6) is 1.46. The van der Waals surface area contributed by atoms with Crippen molar-refractivity contribution < 1.29 is 17.9 Å². The van der Waals surface area contributed by atoms with E-state index in [0.29, 0.717) is 28.2 Å². The molecule has 0 aliphatic carbocycles. The lowest BCUT2D eigenvalue weighted by Crippen LogP contribution is -2.16. The average Bonchev–Trinajstić information content (AvgIpc) is 2.79. The number of aromatic nitrogens is 2. The predicted octanol–water partition coefficient (Wildman–Crippen LogP) is 4.80. The van der Waals surface area contributed by atoms with Crippen LogP contribution in [0.15, 0.2) is 71.6 Å². The number of rotatable bonds is 7. The van der Waals surface area contributed by atoms with Crippen LogP contribution in [-0.4, -0.2) is 32.6 Å². The number of para-hydroxylation sites is 2.